The first-order chi connectivity index (χ1) is 11.1. The second kappa shape index (κ2) is 6.96. The average Bonchev–Trinajstić information content (AvgIpc) is 2.45. The number of rotatable bonds is 4. The van der Waals surface area contributed by atoms with Crippen LogP contribution in [0.3, 0.4) is 0 Å². The summed E-state index contributed by atoms with van der Waals surface area (Å²) in [7, 11) is 0. The number of benzene rings is 1. The standard InChI is InChI=1S/C20H30N2O2/c1-13-9-14(2)17(15(3)10-13)18(23)22-8-6-7-16(12-22)11-20(4,5)19(21)24/h9-10,16H,6-8,11-12H2,1-5H3,(H2,21,24). The number of primary amides is 1. The Morgan fingerprint density at radius 3 is 2.33 bits per heavy atom. The molecule has 1 aliphatic rings. The lowest BCUT2D eigenvalue weighted by molar-refractivity contribution is -0.127. The van der Waals surface area contributed by atoms with Gasteiger partial charge in [-0.3, -0.25) is 9.59 Å². The van der Waals surface area contributed by atoms with E-state index in [2.05, 4.69) is 19.1 Å². The minimum atomic E-state index is -0.521. The third-order valence-corrected chi connectivity index (χ3v) is 5.16. The predicted octanol–water partition coefficient (Wildman–Crippen LogP) is 3.37. The molecule has 1 atom stereocenters. The number of carbonyl (C=O) groups excluding carboxylic acids is 2. The molecular formula is C20H30N2O2. The molecule has 1 aromatic rings. The number of aryl methyl sites for hydroxylation is 3. The van der Waals surface area contributed by atoms with Crippen molar-refractivity contribution in [3.05, 3.63) is 34.4 Å². The van der Waals surface area contributed by atoms with E-state index in [0.717, 1.165) is 42.5 Å². The molecule has 0 spiro atoms. The largest absolute Gasteiger partial charge is 0.369 e. The maximum absolute atomic E-state index is 13.0. The number of hydrogen-bond donors (Lipinski definition) is 1. The van der Waals surface area contributed by atoms with Crippen LogP contribution in [0.4, 0.5) is 0 Å². The minimum absolute atomic E-state index is 0.117. The Bertz CT molecular complexity index is 626. The van der Waals surface area contributed by atoms with Crippen molar-refractivity contribution < 1.29 is 9.59 Å². The van der Waals surface area contributed by atoms with Gasteiger partial charge in [-0.05, 0) is 57.1 Å². The van der Waals surface area contributed by atoms with Gasteiger partial charge in [0.1, 0.15) is 0 Å². The molecule has 132 valence electrons. The van der Waals surface area contributed by atoms with Crippen molar-refractivity contribution >= 4 is 11.8 Å². The number of nitrogens with two attached hydrogens (primary N) is 1. The highest BCUT2D eigenvalue weighted by atomic mass is 16.2. The number of nitrogens with zero attached hydrogens (tertiary/aromatic N) is 1. The summed E-state index contributed by atoms with van der Waals surface area (Å²) in [6.07, 6.45) is 2.76. The summed E-state index contributed by atoms with van der Waals surface area (Å²) >= 11 is 0. The van der Waals surface area contributed by atoms with Crippen LogP contribution in [0.2, 0.25) is 0 Å². The summed E-state index contributed by atoms with van der Waals surface area (Å²) in [6, 6.07) is 4.13. The number of likely N-dealkylation sites (tertiary alicyclic amines) is 1. The summed E-state index contributed by atoms with van der Waals surface area (Å²) in [5.74, 6) is 0.180. The van der Waals surface area contributed by atoms with E-state index in [0.29, 0.717) is 12.5 Å². The molecule has 0 aromatic heterocycles. The molecule has 2 amide bonds. The highest BCUT2D eigenvalue weighted by Crippen LogP contribution is 2.31. The molecule has 0 aliphatic carbocycles. The quantitative estimate of drug-likeness (QED) is 0.920. The van der Waals surface area contributed by atoms with E-state index < -0.39 is 5.41 Å². The van der Waals surface area contributed by atoms with Gasteiger partial charge in [0.15, 0.2) is 0 Å². The molecule has 2 N–H and O–H groups in total. The molecule has 1 unspecified atom stereocenters. The predicted molar refractivity (Wildman–Crippen MR) is 96.9 cm³/mol. The summed E-state index contributed by atoms with van der Waals surface area (Å²) in [4.78, 5) is 26.6. The Kier molecular flexibility index (Phi) is 5.36. The van der Waals surface area contributed by atoms with E-state index in [1.807, 2.05) is 32.6 Å². The van der Waals surface area contributed by atoms with Gasteiger partial charge >= 0.3 is 0 Å². The Balaban J connectivity index is 2.15. The fraction of sp³-hybridized carbons (Fsp3) is 0.600. The Labute approximate surface area is 145 Å². The zero-order chi connectivity index (χ0) is 18.1. The SMILES string of the molecule is Cc1cc(C)c(C(=O)N2CCCC(CC(C)(C)C(N)=O)C2)c(C)c1. The molecule has 0 bridgehead atoms. The van der Waals surface area contributed by atoms with Crippen LogP contribution in [0, 0.1) is 32.1 Å². The maximum Gasteiger partial charge on any atom is 0.254 e. The van der Waals surface area contributed by atoms with Crippen LogP contribution >= 0.6 is 0 Å². The van der Waals surface area contributed by atoms with Gasteiger partial charge in [-0.2, -0.15) is 0 Å². The minimum Gasteiger partial charge on any atom is -0.369 e. The molecule has 2 rings (SSSR count). The van der Waals surface area contributed by atoms with Crippen molar-refractivity contribution in [1.29, 1.82) is 0 Å². The molecule has 4 heteroatoms. The third-order valence-electron chi connectivity index (χ3n) is 5.16. The van der Waals surface area contributed by atoms with E-state index in [9.17, 15) is 9.59 Å². The van der Waals surface area contributed by atoms with Crippen molar-refractivity contribution in [2.75, 3.05) is 13.1 Å². The monoisotopic (exact) mass is 330 g/mol. The van der Waals surface area contributed by atoms with Gasteiger partial charge < -0.3 is 10.6 Å². The third kappa shape index (κ3) is 3.97. The topological polar surface area (TPSA) is 63.4 Å². The van der Waals surface area contributed by atoms with Gasteiger partial charge in [-0.15, -0.1) is 0 Å². The van der Waals surface area contributed by atoms with Crippen LogP contribution in [0.1, 0.15) is 60.2 Å². The molecule has 1 heterocycles. The van der Waals surface area contributed by atoms with E-state index in [4.69, 9.17) is 5.73 Å². The molecular weight excluding hydrogens is 300 g/mol. The number of piperidine rings is 1. The van der Waals surface area contributed by atoms with E-state index in [1.165, 1.54) is 5.56 Å². The van der Waals surface area contributed by atoms with Crippen molar-refractivity contribution in [2.45, 2.75) is 53.9 Å². The fourth-order valence-electron chi connectivity index (χ4n) is 3.91. The zero-order valence-electron chi connectivity index (χ0n) is 15.6. The highest BCUT2D eigenvalue weighted by molar-refractivity contribution is 5.97. The number of amides is 2. The summed E-state index contributed by atoms with van der Waals surface area (Å²) < 4.78 is 0. The lowest BCUT2D eigenvalue weighted by Crippen LogP contribution is -2.43. The lowest BCUT2D eigenvalue weighted by atomic mass is 9.79. The van der Waals surface area contributed by atoms with E-state index >= 15 is 0 Å². The molecule has 24 heavy (non-hydrogen) atoms. The van der Waals surface area contributed by atoms with Gasteiger partial charge in [0.25, 0.3) is 5.91 Å². The Hall–Kier alpha value is -1.84. The van der Waals surface area contributed by atoms with E-state index in [-0.39, 0.29) is 11.8 Å². The van der Waals surface area contributed by atoms with Crippen molar-refractivity contribution in [3.8, 4) is 0 Å². The summed E-state index contributed by atoms with van der Waals surface area (Å²) in [5, 5.41) is 0. The first-order valence-electron chi connectivity index (χ1n) is 8.79. The van der Waals surface area contributed by atoms with Crippen LogP contribution in [-0.4, -0.2) is 29.8 Å². The molecule has 1 saturated heterocycles. The first kappa shape index (κ1) is 18.5. The molecule has 1 aromatic carbocycles. The maximum atomic E-state index is 13.0. The summed E-state index contributed by atoms with van der Waals surface area (Å²) in [5.41, 5.74) is 9.07. The summed E-state index contributed by atoms with van der Waals surface area (Å²) in [6.45, 7) is 11.4. The number of hydrogen-bond acceptors (Lipinski definition) is 2. The van der Waals surface area contributed by atoms with Gasteiger partial charge in [0, 0.05) is 24.1 Å². The molecule has 0 radical (unpaired) electrons. The van der Waals surface area contributed by atoms with Crippen molar-refractivity contribution in [3.63, 3.8) is 0 Å². The second-order valence-corrected chi connectivity index (χ2v) is 7.99. The molecule has 4 nitrogen and oxygen atoms in total. The van der Waals surface area contributed by atoms with Gasteiger partial charge in [0.2, 0.25) is 5.91 Å². The van der Waals surface area contributed by atoms with Gasteiger partial charge in [-0.1, -0.05) is 31.5 Å². The smallest absolute Gasteiger partial charge is 0.254 e. The van der Waals surface area contributed by atoms with Gasteiger partial charge in [0.05, 0.1) is 0 Å². The van der Waals surface area contributed by atoms with Crippen molar-refractivity contribution in [2.24, 2.45) is 17.1 Å². The van der Waals surface area contributed by atoms with Gasteiger partial charge in [-0.25, -0.2) is 0 Å². The lowest BCUT2D eigenvalue weighted by Gasteiger charge is -2.36. The van der Waals surface area contributed by atoms with Crippen LogP contribution in [0.15, 0.2) is 12.1 Å². The fourth-order valence-corrected chi connectivity index (χ4v) is 3.91. The van der Waals surface area contributed by atoms with Crippen LogP contribution in [-0.2, 0) is 4.79 Å². The molecule has 0 saturated carbocycles. The second-order valence-electron chi connectivity index (χ2n) is 7.99. The molecule has 1 aliphatic heterocycles. The normalized spacial score (nSPS) is 18.5. The average molecular weight is 330 g/mol. The van der Waals surface area contributed by atoms with Crippen LogP contribution < -0.4 is 5.73 Å². The van der Waals surface area contributed by atoms with Crippen molar-refractivity contribution in [1.82, 2.24) is 4.90 Å². The Morgan fingerprint density at radius 1 is 1.21 bits per heavy atom. The highest BCUT2D eigenvalue weighted by Gasteiger charge is 2.33. The number of carbonyl (C=O) groups is 2. The van der Waals surface area contributed by atoms with E-state index in [1.54, 1.807) is 0 Å². The van der Waals surface area contributed by atoms with Crippen LogP contribution in [0.5, 0.6) is 0 Å². The first-order valence-corrected chi connectivity index (χ1v) is 8.79. The Morgan fingerprint density at radius 2 is 1.79 bits per heavy atom. The molecule has 1 fully saturated rings. The van der Waals surface area contributed by atoms with Crippen LogP contribution in [0.25, 0.3) is 0 Å². The zero-order valence-corrected chi connectivity index (χ0v) is 15.6.